The van der Waals surface area contributed by atoms with Crippen LogP contribution in [-0.2, 0) is 4.79 Å². The van der Waals surface area contributed by atoms with E-state index in [9.17, 15) is 4.79 Å². The molecule has 28 heavy (non-hydrogen) atoms. The molecule has 1 N–H and O–H groups in total. The summed E-state index contributed by atoms with van der Waals surface area (Å²) in [6.07, 6.45) is 4.69. The van der Waals surface area contributed by atoms with E-state index in [1.165, 1.54) is 0 Å². The molecule has 11 heteroatoms. The summed E-state index contributed by atoms with van der Waals surface area (Å²) in [6, 6.07) is 3.85. The molecule has 9 nitrogen and oxygen atoms in total. The monoisotopic (exact) mass is 510 g/mol. The van der Waals surface area contributed by atoms with Crippen molar-refractivity contribution in [3.63, 3.8) is 0 Å². The lowest BCUT2D eigenvalue weighted by Crippen LogP contribution is -2.20. The lowest BCUT2D eigenvalue weighted by Gasteiger charge is -2.20. The maximum absolute atomic E-state index is 10.7. The Kier molecular flexibility index (Phi) is 6.84. The average Bonchev–Trinajstić information content (AvgIpc) is 3.21. The van der Waals surface area contributed by atoms with Gasteiger partial charge in [0.05, 0.1) is 24.8 Å². The fraction of sp³-hybridized carbons (Fsp3) is 0.294. The maximum Gasteiger partial charge on any atom is 0.200 e. The zero-order valence-corrected chi connectivity index (χ0v) is 18.9. The first-order chi connectivity index (χ1) is 13.6. The van der Waals surface area contributed by atoms with Gasteiger partial charge in [0, 0.05) is 24.8 Å². The number of hydrogen-bond donors (Lipinski definition) is 1. The highest BCUT2D eigenvalue weighted by Gasteiger charge is 2.15. The summed E-state index contributed by atoms with van der Waals surface area (Å²) in [7, 11) is 1.93. The van der Waals surface area contributed by atoms with Crippen LogP contribution >= 0.6 is 28.4 Å². The minimum Gasteiger partial charge on any atom is -0.360 e. The van der Waals surface area contributed by atoms with Gasteiger partial charge in [-0.3, -0.25) is 0 Å². The number of aldehydes is 1. The number of hydrogen-bond acceptors (Lipinski definition) is 8. The van der Waals surface area contributed by atoms with Gasteiger partial charge in [0.1, 0.15) is 18.3 Å². The van der Waals surface area contributed by atoms with Crippen LogP contribution in [-0.4, -0.2) is 55.9 Å². The minimum atomic E-state index is 0.186. The van der Waals surface area contributed by atoms with E-state index in [0.29, 0.717) is 23.8 Å². The van der Waals surface area contributed by atoms with E-state index in [-0.39, 0.29) is 6.54 Å². The van der Waals surface area contributed by atoms with Gasteiger partial charge in [-0.25, -0.2) is 24.4 Å². The molecule has 0 bridgehead atoms. The van der Waals surface area contributed by atoms with Crippen molar-refractivity contribution in [3.8, 4) is 22.8 Å². The number of halogens is 1. The van der Waals surface area contributed by atoms with E-state index in [1.807, 2.05) is 37.9 Å². The van der Waals surface area contributed by atoms with Crippen LogP contribution in [0.15, 0.2) is 24.7 Å². The van der Waals surface area contributed by atoms with Crippen molar-refractivity contribution in [1.29, 1.82) is 0 Å². The zero-order valence-electron chi connectivity index (χ0n) is 15.7. The first-order valence-corrected chi connectivity index (χ1v) is 12.7. The van der Waals surface area contributed by atoms with Crippen LogP contribution in [0.2, 0.25) is 0 Å². The first kappa shape index (κ1) is 20.5. The topological polar surface area (TPSA) is 102 Å². The third kappa shape index (κ3) is 4.44. The molecule has 0 aliphatic carbocycles. The molecule has 3 aromatic heterocycles. The summed E-state index contributed by atoms with van der Waals surface area (Å²) in [6.45, 7) is 4.91. The molecular weight excluding hydrogens is 490 g/mol. The number of nitrogens with one attached hydrogen (secondary N) is 1. The summed E-state index contributed by atoms with van der Waals surface area (Å²) in [4.78, 5) is 30.8. The molecule has 0 saturated carbocycles. The van der Waals surface area contributed by atoms with E-state index < -0.39 is 0 Å². The maximum atomic E-state index is 10.7. The molecule has 0 amide bonds. The number of carbonyl (C=O) groups is 1. The van der Waals surface area contributed by atoms with Gasteiger partial charge in [-0.1, -0.05) is 0 Å². The zero-order chi connectivity index (χ0) is 20.1. The van der Waals surface area contributed by atoms with Crippen LogP contribution in [0.4, 0.5) is 11.6 Å². The molecule has 1 atom stereocenters. The third-order valence-corrected chi connectivity index (χ3v) is 5.98. The Hall–Kier alpha value is -2.20. The fourth-order valence-electron chi connectivity index (χ4n) is 2.57. The lowest BCUT2D eigenvalue weighted by molar-refractivity contribution is -0.106. The van der Waals surface area contributed by atoms with Gasteiger partial charge >= 0.3 is 0 Å². The van der Waals surface area contributed by atoms with Gasteiger partial charge in [-0.2, -0.15) is 0 Å². The summed E-state index contributed by atoms with van der Waals surface area (Å²) in [5.41, 5.74) is 3.14. The van der Waals surface area contributed by atoms with Gasteiger partial charge in [0.25, 0.3) is 0 Å². The van der Waals surface area contributed by atoms with Crippen LogP contribution in [0.25, 0.3) is 22.8 Å². The fourth-order valence-corrected chi connectivity index (χ4v) is 3.50. The Morgan fingerprint density at radius 2 is 2.11 bits per heavy atom. The number of aromatic nitrogens is 6. The first-order valence-electron chi connectivity index (χ1n) is 8.59. The Labute approximate surface area is 177 Å². The van der Waals surface area contributed by atoms with Crippen LogP contribution in [0, 0.1) is 6.92 Å². The van der Waals surface area contributed by atoms with Gasteiger partial charge < -0.3 is 15.0 Å². The van der Waals surface area contributed by atoms with Crippen LogP contribution in [0.3, 0.4) is 0 Å². The second kappa shape index (κ2) is 9.33. The van der Waals surface area contributed by atoms with Gasteiger partial charge in [0.2, 0.25) is 0 Å². The second-order valence-corrected chi connectivity index (χ2v) is 7.99. The molecule has 3 rings (SSSR count). The Balaban J connectivity index is 1.97. The average molecular weight is 510 g/mol. The van der Waals surface area contributed by atoms with Crippen molar-refractivity contribution in [2.75, 3.05) is 30.4 Å². The minimum absolute atomic E-state index is 0.186. The molecule has 0 spiro atoms. The number of pyridine rings is 1. The molecular formula is C17H20IN8OP. The van der Waals surface area contributed by atoms with Crippen LogP contribution in [0.1, 0.15) is 12.6 Å². The van der Waals surface area contributed by atoms with E-state index in [0.717, 1.165) is 35.5 Å². The lowest BCUT2D eigenvalue weighted by atomic mass is 10.1. The van der Waals surface area contributed by atoms with Crippen molar-refractivity contribution < 1.29 is 4.79 Å². The van der Waals surface area contributed by atoms with Gasteiger partial charge in [-0.05, 0) is 48.0 Å². The summed E-state index contributed by atoms with van der Waals surface area (Å²) >= 11 is 2.25. The van der Waals surface area contributed by atoms with E-state index in [4.69, 9.17) is 4.98 Å². The number of aryl methyl sites for hydroxylation is 1. The van der Waals surface area contributed by atoms with Crippen LogP contribution in [0.5, 0.6) is 0 Å². The second-order valence-electron chi connectivity index (χ2n) is 5.92. The highest BCUT2D eigenvalue weighted by Crippen LogP contribution is 2.28. The van der Waals surface area contributed by atoms with Crippen molar-refractivity contribution >= 4 is 46.3 Å². The molecule has 0 saturated heterocycles. The molecule has 3 heterocycles. The molecule has 0 radical (unpaired) electrons. The van der Waals surface area contributed by atoms with Gasteiger partial charge in [-0.15, -0.1) is 5.10 Å². The van der Waals surface area contributed by atoms with E-state index in [2.05, 4.69) is 47.4 Å². The summed E-state index contributed by atoms with van der Waals surface area (Å²) in [5, 5.41) is 7.40. The largest absolute Gasteiger partial charge is 0.360 e. The molecule has 146 valence electrons. The summed E-state index contributed by atoms with van der Waals surface area (Å²) < 4.78 is 1.78. The van der Waals surface area contributed by atoms with Crippen molar-refractivity contribution in [3.05, 3.63) is 30.4 Å². The third-order valence-electron chi connectivity index (χ3n) is 4.11. The molecule has 3 aromatic rings. The van der Waals surface area contributed by atoms with Crippen molar-refractivity contribution in [2.45, 2.75) is 13.8 Å². The Bertz CT molecular complexity index is 980. The molecule has 0 aliphatic rings. The molecule has 0 aliphatic heterocycles. The highest BCUT2D eigenvalue weighted by molar-refractivity contribution is 14.2. The van der Waals surface area contributed by atoms with E-state index in [1.54, 1.807) is 17.0 Å². The Morgan fingerprint density at radius 3 is 2.75 bits per heavy atom. The standard InChI is InChI=1S/C17H20IN8OP/c1-4-25(3)17-16(19-7-8-27)20-9-14(23-17)12-5-6-13(22-11(12)2)15-21-10-26(24-15)28-18/h5-6,8-10,28H,4,7H2,1-3H3,(H,19,20). The number of anilines is 2. The predicted octanol–water partition coefficient (Wildman–Crippen LogP) is 2.96. The summed E-state index contributed by atoms with van der Waals surface area (Å²) in [5.74, 6) is 1.87. The molecule has 0 aromatic carbocycles. The molecule has 0 fully saturated rings. The number of carbonyl (C=O) groups excluding carboxylic acids is 1. The van der Waals surface area contributed by atoms with Gasteiger partial charge in [0.15, 0.2) is 17.5 Å². The van der Waals surface area contributed by atoms with Crippen molar-refractivity contribution in [2.24, 2.45) is 0 Å². The Morgan fingerprint density at radius 1 is 1.29 bits per heavy atom. The smallest absolute Gasteiger partial charge is 0.200 e. The van der Waals surface area contributed by atoms with E-state index >= 15 is 0 Å². The SMILES string of the molecule is CCN(C)c1nc(-c2ccc(-c3ncn(PI)n3)nc2C)cnc1NCC=O. The predicted molar refractivity (Wildman–Crippen MR) is 120 cm³/mol. The number of nitrogens with zero attached hydrogens (tertiary/aromatic N) is 7. The molecule has 1 unspecified atom stereocenters. The van der Waals surface area contributed by atoms with Crippen molar-refractivity contribution in [1.82, 2.24) is 29.5 Å². The van der Waals surface area contributed by atoms with Crippen LogP contribution < -0.4 is 10.2 Å². The quantitative estimate of drug-likeness (QED) is 0.281. The highest BCUT2D eigenvalue weighted by atomic mass is 127. The normalized spacial score (nSPS) is 11.1. The number of rotatable bonds is 8.